The Hall–Kier alpha value is -0.980. The lowest BCUT2D eigenvalue weighted by molar-refractivity contribution is 0.185. The van der Waals surface area contributed by atoms with Gasteiger partial charge in [0, 0.05) is 20.7 Å². The summed E-state index contributed by atoms with van der Waals surface area (Å²) in [6.45, 7) is 0.528. The summed E-state index contributed by atoms with van der Waals surface area (Å²) >= 11 is 0. The van der Waals surface area contributed by atoms with Crippen LogP contribution < -0.4 is 0 Å². The number of likely N-dealkylation sites (N-methyl/N-ethyl adjacent to an activating group) is 1. The van der Waals surface area contributed by atoms with E-state index in [9.17, 15) is 12.8 Å². The maximum Gasteiger partial charge on any atom is 0.242 e. The van der Waals surface area contributed by atoms with Gasteiger partial charge >= 0.3 is 0 Å². The molecule has 0 spiro atoms. The predicted octanol–water partition coefficient (Wildman–Crippen LogP) is 1.09. The second-order valence-corrected chi connectivity index (χ2v) is 5.32. The van der Waals surface area contributed by atoms with E-state index in [0.717, 1.165) is 10.4 Å². The Morgan fingerprint density at radius 1 is 1.44 bits per heavy atom. The Bertz CT molecular complexity index is 447. The van der Waals surface area contributed by atoms with Gasteiger partial charge in [0.2, 0.25) is 10.0 Å². The Morgan fingerprint density at radius 3 is 2.69 bits per heavy atom. The standard InChI is InChI=1S/C10H14FNO3S/c1-12(6-7-15-2)16(13,14)10-5-3-4-9(11)8-10/h3-5,8H,6-7H2,1-2H3. The summed E-state index contributed by atoms with van der Waals surface area (Å²) < 4.78 is 42.6. The maximum absolute atomic E-state index is 12.9. The molecule has 0 heterocycles. The van der Waals surface area contributed by atoms with E-state index in [1.165, 1.54) is 32.4 Å². The van der Waals surface area contributed by atoms with Gasteiger partial charge in [-0.15, -0.1) is 0 Å². The minimum Gasteiger partial charge on any atom is -0.383 e. The van der Waals surface area contributed by atoms with E-state index in [-0.39, 0.29) is 11.4 Å². The largest absolute Gasteiger partial charge is 0.383 e. The predicted molar refractivity (Wildman–Crippen MR) is 58.1 cm³/mol. The van der Waals surface area contributed by atoms with Crippen LogP contribution in [0.15, 0.2) is 29.2 Å². The number of halogens is 1. The third-order valence-corrected chi connectivity index (χ3v) is 3.97. The molecular weight excluding hydrogens is 233 g/mol. The summed E-state index contributed by atoms with van der Waals surface area (Å²) in [6.07, 6.45) is 0. The molecule has 16 heavy (non-hydrogen) atoms. The van der Waals surface area contributed by atoms with Gasteiger partial charge in [0.25, 0.3) is 0 Å². The van der Waals surface area contributed by atoms with Crippen LogP contribution in [0, 0.1) is 5.82 Å². The van der Waals surface area contributed by atoms with Crippen molar-refractivity contribution in [3.8, 4) is 0 Å². The molecule has 0 N–H and O–H groups in total. The lowest BCUT2D eigenvalue weighted by Crippen LogP contribution is -2.30. The zero-order chi connectivity index (χ0) is 12.2. The van der Waals surface area contributed by atoms with Crippen molar-refractivity contribution in [2.24, 2.45) is 0 Å². The van der Waals surface area contributed by atoms with Crippen molar-refractivity contribution in [1.29, 1.82) is 0 Å². The molecule has 0 bridgehead atoms. The smallest absolute Gasteiger partial charge is 0.242 e. The second-order valence-electron chi connectivity index (χ2n) is 3.28. The SMILES string of the molecule is COCCN(C)S(=O)(=O)c1cccc(F)c1. The summed E-state index contributed by atoms with van der Waals surface area (Å²) in [7, 11) is -0.702. The van der Waals surface area contributed by atoms with Crippen LogP contribution in [0.25, 0.3) is 0 Å². The Balaban J connectivity index is 2.93. The Labute approximate surface area is 94.7 Å². The molecule has 0 aromatic heterocycles. The van der Waals surface area contributed by atoms with E-state index in [1.807, 2.05) is 0 Å². The van der Waals surface area contributed by atoms with E-state index >= 15 is 0 Å². The minimum absolute atomic E-state index is 0.0499. The highest BCUT2D eigenvalue weighted by molar-refractivity contribution is 7.89. The number of hydrogen-bond acceptors (Lipinski definition) is 3. The molecule has 4 nitrogen and oxygen atoms in total. The third kappa shape index (κ3) is 3.01. The molecule has 1 aromatic carbocycles. The summed E-state index contributed by atoms with van der Waals surface area (Å²) in [4.78, 5) is -0.0499. The van der Waals surface area contributed by atoms with Crippen molar-refractivity contribution >= 4 is 10.0 Å². The van der Waals surface area contributed by atoms with Crippen LogP contribution in [0.4, 0.5) is 4.39 Å². The number of ether oxygens (including phenoxy) is 1. The van der Waals surface area contributed by atoms with Crippen molar-refractivity contribution in [3.05, 3.63) is 30.1 Å². The highest BCUT2D eigenvalue weighted by Crippen LogP contribution is 2.14. The molecule has 1 aromatic rings. The second kappa shape index (κ2) is 5.38. The summed E-state index contributed by atoms with van der Waals surface area (Å²) in [5.41, 5.74) is 0. The normalized spacial score (nSPS) is 12.0. The van der Waals surface area contributed by atoms with Crippen LogP contribution >= 0.6 is 0 Å². The average molecular weight is 247 g/mol. The fourth-order valence-corrected chi connectivity index (χ4v) is 2.33. The molecule has 0 fully saturated rings. The van der Waals surface area contributed by atoms with Crippen LogP contribution in [0.2, 0.25) is 0 Å². The first-order valence-corrected chi connectivity index (χ1v) is 6.13. The number of rotatable bonds is 5. The van der Waals surface area contributed by atoms with Gasteiger partial charge in [-0.05, 0) is 18.2 Å². The first-order chi connectivity index (χ1) is 7.48. The average Bonchev–Trinajstić information content (AvgIpc) is 2.25. The minimum atomic E-state index is -3.62. The number of benzene rings is 1. The van der Waals surface area contributed by atoms with Gasteiger partial charge in [-0.2, -0.15) is 4.31 Å². The van der Waals surface area contributed by atoms with Crippen LogP contribution in [0.1, 0.15) is 0 Å². The summed E-state index contributed by atoms with van der Waals surface area (Å²) in [5, 5.41) is 0. The van der Waals surface area contributed by atoms with Crippen LogP contribution in [0.3, 0.4) is 0 Å². The number of methoxy groups -OCH3 is 1. The first kappa shape index (κ1) is 13.1. The molecule has 0 aliphatic heterocycles. The Morgan fingerprint density at radius 2 is 2.12 bits per heavy atom. The van der Waals surface area contributed by atoms with Crippen molar-refractivity contribution in [2.45, 2.75) is 4.90 Å². The van der Waals surface area contributed by atoms with Gasteiger partial charge in [-0.3, -0.25) is 0 Å². The zero-order valence-electron chi connectivity index (χ0n) is 9.18. The molecule has 0 atom stereocenters. The molecule has 0 aliphatic carbocycles. The van der Waals surface area contributed by atoms with E-state index in [4.69, 9.17) is 4.74 Å². The van der Waals surface area contributed by atoms with Gasteiger partial charge in [0.1, 0.15) is 5.82 Å². The van der Waals surface area contributed by atoms with Gasteiger partial charge < -0.3 is 4.74 Å². The quantitative estimate of drug-likeness (QED) is 0.782. The number of sulfonamides is 1. The zero-order valence-corrected chi connectivity index (χ0v) is 10.00. The first-order valence-electron chi connectivity index (χ1n) is 4.69. The molecular formula is C10H14FNO3S. The molecule has 90 valence electrons. The molecule has 0 saturated heterocycles. The van der Waals surface area contributed by atoms with E-state index in [1.54, 1.807) is 0 Å². The summed E-state index contributed by atoms with van der Waals surface area (Å²) in [6, 6.07) is 4.93. The van der Waals surface area contributed by atoms with Crippen molar-refractivity contribution in [2.75, 3.05) is 27.3 Å². The highest BCUT2D eigenvalue weighted by Gasteiger charge is 2.20. The van der Waals surface area contributed by atoms with Crippen molar-refractivity contribution in [1.82, 2.24) is 4.31 Å². The fourth-order valence-electron chi connectivity index (χ4n) is 1.15. The van der Waals surface area contributed by atoms with E-state index < -0.39 is 15.8 Å². The third-order valence-electron chi connectivity index (χ3n) is 2.11. The van der Waals surface area contributed by atoms with Crippen LogP contribution in [-0.4, -0.2) is 40.0 Å². The molecule has 0 saturated carbocycles. The summed E-state index contributed by atoms with van der Waals surface area (Å²) in [5.74, 6) is -0.568. The van der Waals surface area contributed by atoms with Gasteiger partial charge in [0.15, 0.2) is 0 Å². The van der Waals surface area contributed by atoms with Crippen molar-refractivity contribution in [3.63, 3.8) is 0 Å². The van der Waals surface area contributed by atoms with Gasteiger partial charge in [0.05, 0.1) is 11.5 Å². The number of hydrogen-bond donors (Lipinski definition) is 0. The lowest BCUT2D eigenvalue weighted by atomic mass is 10.4. The Kier molecular flexibility index (Phi) is 4.40. The number of nitrogens with zero attached hydrogens (tertiary/aromatic N) is 1. The molecule has 0 unspecified atom stereocenters. The monoisotopic (exact) mass is 247 g/mol. The van der Waals surface area contributed by atoms with Gasteiger partial charge in [-0.1, -0.05) is 6.07 Å². The molecule has 0 radical (unpaired) electrons. The maximum atomic E-state index is 12.9. The highest BCUT2D eigenvalue weighted by atomic mass is 32.2. The topological polar surface area (TPSA) is 46.6 Å². The fraction of sp³-hybridized carbons (Fsp3) is 0.400. The van der Waals surface area contributed by atoms with Gasteiger partial charge in [-0.25, -0.2) is 12.8 Å². The molecule has 0 aliphatic rings. The van der Waals surface area contributed by atoms with Crippen molar-refractivity contribution < 1.29 is 17.5 Å². The lowest BCUT2D eigenvalue weighted by Gasteiger charge is -2.16. The molecule has 0 amide bonds. The van der Waals surface area contributed by atoms with Crippen LogP contribution in [0.5, 0.6) is 0 Å². The van der Waals surface area contributed by atoms with E-state index in [0.29, 0.717) is 6.61 Å². The van der Waals surface area contributed by atoms with E-state index in [2.05, 4.69) is 0 Å². The molecule has 1 rings (SSSR count). The van der Waals surface area contributed by atoms with Crippen LogP contribution in [-0.2, 0) is 14.8 Å². The molecule has 6 heteroatoms.